The molecule has 0 aliphatic carbocycles. The molecule has 2 aliphatic heterocycles. The van der Waals surface area contributed by atoms with E-state index in [2.05, 4.69) is 0 Å². The van der Waals surface area contributed by atoms with Crippen LogP contribution in [0.5, 0.6) is 0 Å². The van der Waals surface area contributed by atoms with Crippen molar-refractivity contribution >= 4 is 35.5 Å². The van der Waals surface area contributed by atoms with Crippen LogP contribution in [0.3, 0.4) is 0 Å². The fraction of sp³-hybridized carbons (Fsp3) is 0.444. The minimum absolute atomic E-state index is 0.146. The highest BCUT2D eigenvalue weighted by molar-refractivity contribution is 7.99. The van der Waals surface area contributed by atoms with Crippen LogP contribution in [0.25, 0.3) is 0 Å². The molecule has 2 aliphatic rings. The van der Waals surface area contributed by atoms with Gasteiger partial charge in [0.1, 0.15) is 6.04 Å². The molecule has 0 saturated carbocycles. The average molecular weight is 376 g/mol. The number of carbonyl (C=O) groups is 4. The second-order valence-corrected chi connectivity index (χ2v) is 8.48. The van der Waals surface area contributed by atoms with E-state index >= 15 is 0 Å². The summed E-state index contributed by atoms with van der Waals surface area (Å²) in [4.78, 5) is 56.2. The molecule has 0 aromatic heterocycles. The van der Waals surface area contributed by atoms with Gasteiger partial charge in [0, 0.05) is 12.2 Å². The Bertz CT molecular complexity index is 751. The standard InChI is InChI=1S/C18H20N2O5S/c1-18(2,3)8-14(21)19-10-26-9-13(19)17(24)25-20-15(22)11-6-4-5-7-12(11)16(20)23/h4-7,13H,8-10H2,1-3H3. The second kappa shape index (κ2) is 6.75. The Labute approximate surface area is 155 Å². The van der Waals surface area contributed by atoms with E-state index in [9.17, 15) is 19.2 Å². The molecule has 1 atom stereocenters. The van der Waals surface area contributed by atoms with Crippen LogP contribution in [0.1, 0.15) is 47.9 Å². The molecule has 1 aromatic carbocycles. The number of hydrogen-bond donors (Lipinski definition) is 0. The molecule has 0 bridgehead atoms. The van der Waals surface area contributed by atoms with Crippen molar-refractivity contribution in [2.24, 2.45) is 5.41 Å². The maximum absolute atomic E-state index is 12.5. The van der Waals surface area contributed by atoms with Gasteiger partial charge in [0.25, 0.3) is 11.8 Å². The third-order valence-electron chi connectivity index (χ3n) is 4.09. The van der Waals surface area contributed by atoms with Gasteiger partial charge in [-0.25, -0.2) is 4.79 Å². The van der Waals surface area contributed by atoms with Crippen molar-refractivity contribution in [2.75, 3.05) is 11.6 Å². The maximum Gasteiger partial charge on any atom is 0.356 e. The normalized spacial score (nSPS) is 19.7. The van der Waals surface area contributed by atoms with Gasteiger partial charge in [0.15, 0.2) is 0 Å². The molecular weight excluding hydrogens is 356 g/mol. The number of amides is 3. The van der Waals surface area contributed by atoms with E-state index in [0.717, 1.165) is 0 Å². The highest BCUT2D eigenvalue weighted by Gasteiger charge is 2.43. The number of nitrogens with zero attached hydrogens (tertiary/aromatic N) is 2. The van der Waals surface area contributed by atoms with Crippen LogP contribution in [0.2, 0.25) is 0 Å². The van der Waals surface area contributed by atoms with Crippen molar-refractivity contribution in [3.8, 4) is 0 Å². The highest BCUT2D eigenvalue weighted by atomic mass is 32.2. The van der Waals surface area contributed by atoms with E-state index in [4.69, 9.17) is 4.84 Å². The van der Waals surface area contributed by atoms with Crippen molar-refractivity contribution in [1.82, 2.24) is 9.96 Å². The van der Waals surface area contributed by atoms with Gasteiger partial charge in [0.05, 0.1) is 17.0 Å². The topological polar surface area (TPSA) is 84.0 Å². The lowest BCUT2D eigenvalue weighted by Crippen LogP contribution is -2.46. The first kappa shape index (κ1) is 18.4. The summed E-state index contributed by atoms with van der Waals surface area (Å²) < 4.78 is 0. The summed E-state index contributed by atoms with van der Waals surface area (Å²) in [5.41, 5.74) is 0.194. The van der Waals surface area contributed by atoms with Gasteiger partial charge < -0.3 is 9.74 Å². The minimum atomic E-state index is -0.806. The number of hydrogen-bond acceptors (Lipinski definition) is 6. The third-order valence-corrected chi connectivity index (χ3v) is 5.11. The molecule has 1 aromatic rings. The van der Waals surface area contributed by atoms with Crippen molar-refractivity contribution in [1.29, 1.82) is 0 Å². The average Bonchev–Trinajstić information content (AvgIpc) is 3.14. The van der Waals surface area contributed by atoms with Crippen molar-refractivity contribution in [2.45, 2.75) is 33.2 Å². The Morgan fingerprint density at radius 2 is 1.73 bits per heavy atom. The molecule has 8 heteroatoms. The summed E-state index contributed by atoms with van der Waals surface area (Å²) >= 11 is 1.44. The molecule has 26 heavy (non-hydrogen) atoms. The van der Waals surface area contributed by atoms with Crippen LogP contribution in [0.15, 0.2) is 24.3 Å². The molecule has 3 rings (SSSR count). The van der Waals surface area contributed by atoms with Gasteiger partial charge in [-0.3, -0.25) is 14.4 Å². The van der Waals surface area contributed by atoms with Crippen molar-refractivity contribution in [3.05, 3.63) is 35.4 Å². The van der Waals surface area contributed by atoms with Crippen LogP contribution in [-0.4, -0.2) is 51.3 Å². The Kier molecular flexibility index (Phi) is 4.79. The van der Waals surface area contributed by atoms with Gasteiger partial charge in [-0.05, 0) is 17.5 Å². The molecule has 0 radical (unpaired) electrons. The maximum atomic E-state index is 12.5. The van der Waals surface area contributed by atoms with Crippen LogP contribution < -0.4 is 0 Å². The zero-order chi connectivity index (χ0) is 19.1. The van der Waals surface area contributed by atoms with Crippen LogP contribution >= 0.6 is 11.8 Å². The molecule has 138 valence electrons. The molecule has 0 spiro atoms. The molecule has 1 fully saturated rings. The van der Waals surface area contributed by atoms with Gasteiger partial charge in [-0.1, -0.05) is 38.0 Å². The van der Waals surface area contributed by atoms with Gasteiger partial charge in [-0.15, -0.1) is 11.8 Å². The first-order valence-corrected chi connectivity index (χ1v) is 9.41. The van der Waals surface area contributed by atoms with Crippen LogP contribution in [0.4, 0.5) is 0 Å². The molecule has 2 heterocycles. The summed E-state index contributed by atoms with van der Waals surface area (Å²) in [7, 11) is 0. The lowest BCUT2D eigenvalue weighted by atomic mass is 9.91. The number of imide groups is 1. The molecule has 0 N–H and O–H groups in total. The number of fused-ring (bicyclic) bond motifs is 1. The van der Waals surface area contributed by atoms with Crippen molar-refractivity contribution < 1.29 is 24.0 Å². The summed E-state index contributed by atoms with van der Waals surface area (Å²) in [5.74, 6) is -1.50. The third kappa shape index (κ3) is 3.46. The summed E-state index contributed by atoms with van der Waals surface area (Å²) in [6.07, 6.45) is 0.296. The SMILES string of the molecule is CC(C)(C)CC(=O)N1CSCC1C(=O)ON1C(=O)c2ccccc2C1=O. The van der Waals surface area contributed by atoms with E-state index < -0.39 is 23.8 Å². The molecule has 7 nitrogen and oxygen atoms in total. The Morgan fingerprint density at radius 3 is 2.27 bits per heavy atom. The predicted molar refractivity (Wildman–Crippen MR) is 95.1 cm³/mol. The second-order valence-electron chi connectivity index (χ2n) is 7.48. The number of carbonyl (C=O) groups excluding carboxylic acids is 4. The van der Waals surface area contributed by atoms with E-state index in [-0.39, 0.29) is 22.4 Å². The van der Waals surface area contributed by atoms with E-state index in [0.29, 0.717) is 23.1 Å². The van der Waals surface area contributed by atoms with E-state index in [1.54, 1.807) is 12.1 Å². The quantitative estimate of drug-likeness (QED) is 0.751. The molecule has 1 unspecified atom stereocenters. The van der Waals surface area contributed by atoms with Crippen molar-refractivity contribution in [3.63, 3.8) is 0 Å². The van der Waals surface area contributed by atoms with Gasteiger partial charge >= 0.3 is 5.97 Å². The zero-order valence-electron chi connectivity index (χ0n) is 14.9. The Hall–Kier alpha value is -2.35. The number of hydroxylamine groups is 2. The molecule has 1 saturated heterocycles. The fourth-order valence-corrected chi connectivity index (χ4v) is 4.01. The Morgan fingerprint density at radius 1 is 1.15 bits per heavy atom. The number of thioether (sulfide) groups is 1. The largest absolute Gasteiger partial charge is 0.356 e. The van der Waals surface area contributed by atoms with E-state index in [1.165, 1.54) is 28.8 Å². The number of benzene rings is 1. The van der Waals surface area contributed by atoms with E-state index in [1.807, 2.05) is 20.8 Å². The minimum Gasteiger partial charge on any atom is -0.327 e. The first-order chi connectivity index (χ1) is 12.2. The lowest BCUT2D eigenvalue weighted by molar-refractivity contribution is -0.175. The lowest BCUT2D eigenvalue weighted by Gasteiger charge is -2.26. The van der Waals surface area contributed by atoms with Crippen LogP contribution in [-0.2, 0) is 14.4 Å². The van der Waals surface area contributed by atoms with Crippen LogP contribution in [0, 0.1) is 5.41 Å². The van der Waals surface area contributed by atoms with Gasteiger partial charge in [0.2, 0.25) is 5.91 Å². The summed E-state index contributed by atoms with van der Waals surface area (Å²) in [5, 5.41) is 0.488. The predicted octanol–water partition coefficient (Wildman–Crippen LogP) is 2.08. The number of rotatable bonds is 3. The Balaban J connectivity index is 1.71. The fourth-order valence-electron chi connectivity index (χ4n) is 2.84. The summed E-state index contributed by atoms with van der Waals surface area (Å²) in [6, 6.07) is 5.48. The highest BCUT2D eigenvalue weighted by Crippen LogP contribution is 2.28. The van der Waals surface area contributed by atoms with Gasteiger partial charge in [-0.2, -0.15) is 0 Å². The molecule has 3 amide bonds. The smallest absolute Gasteiger partial charge is 0.327 e. The monoisotopic (exact) mass is 376 g/mol. The first-order valence-electron chi connectivity index (χ1n) is 8.26. The summed E-state index contributed by atoms with van der Waals surface area (Å²) in [6.45, 7) is 5.83. The molecular formula is C18H20N2O5S. The zero-order valence-corrected chi connectivity index (χ0v) is 15.7.